The minimum Gasteiger partial charge on any atom is -0.495 e. The molecule has 0 atom stereocenters. The fourth-order valence-corrected chi connectivity index (χ4v) is 4.98. The first-order valence-corrected chi connectivity index (χ1v) is 13.5. The quantitative estimate of drug-likeness (QED) is 0.231. The van der Waals surface area contributed by atoms with Gasteiger partial charge in [-0.25, -0.2) is 8.78 Å². The van der Waals surface area contributed by atoms with Gasteiger partial charge in [0.05, 0.1) is 36.0 Å². The predicted octanol–water partition coefficient (Wildman–Crippen LogP) is 4.32. The van der Waals surface area contributed by atoms with Crippen LogP contribution in [-0.2, 0) is 11.2 Å². The Labute approximate surface area is 241 Å². The summed E-state index contributed by atoms with van der Waals surface area (Å²) in [5.74, 6) is -1.68. The number of hydrogen-bond donors (Lipinski definition) is 4. The number of methoxy groups -OCH3 is 1. The van der Waals surface area contributed by atoms with Crippen LogP contribution in [0.15, 0.2) is 36.5 Å². The van der Waals surface area contributed by atoms with Gasteiger partial charge in [0, 0.05) is 31.0 Å². The standard InChI is InChI=1S/C29H32F2N8O3/c1-5-32-28(41)25-19(31)12-17(30)13-21(25)34-27-18-8-9-33-26(18)36-29(37-27)35-20-14-22-16(11-23(20)42-4)7-6-10-39(22)24(40)15-38(2)3/h8-9,11-14H,5-7,10,15H2,1-4H3,(H,32,41)(H3,33,34,35,36,37). The van der Waals surface area contributed by atoms with Crippen molar-refractivity contribution in [2.24, 2.45) is 0 Å². The summed E-state index contributed by atoms with van der Waals surface area (Å²) in [6, 6.07) is 7.13. The summed E-state index contributed by atoms with van der Waals surface area (Å²) in [7, 11) is 5.25. The SMILES string of the molecule is CCNC(=O)c1c(F)cc(F)cc1Nc1nc(Nc2cc3c(cc2OC)CCCN3C(=O)CN(C)C)nc2[nH]ccc12. The van der Waals surface area contributed by atoms with E-state index < -0.39 is 17.5 Å². The summed E-state index contributed by atoms with van der Waals surface area (Å²) in [6.07, 6.45) is 3.29. The second-order valence-corrected chi connectivity index (χ2v) is 10.1. The molecule has 0 saturated carbocycles. The molecule has 0 spiro atoms. The maximum Gasteiger partial charge on any atom is 0.256 e. The summed E-state index contributed by atoms with van der Waals surface area (Å²) in [5, 5.41) is 9.19. The fourth-order valence-electron chi connectivity index (χ4n) is 4.98. The third kappa shape index (κ3) is 5.81. The lowest BCUT2D eigenvalue weighted by Gasteiger charge is -2.31. The van der Waals surface area contributed by atoms with Crippen molar-refractivity contribution in [2.45, 2.75) is 19.8 Å². The first-order chi connectivity index (χ1) is 20.2. The largest absolute Gasteiger partial charge is 0.495 e. The molecule has 3 heterocycles. The van der Waals surface area contributed by atoms with Gasteiger partial charge < -0.3 is 35.5 Å². The Morgan fingerprint density at radius 1 is 1.12 bits per heavy atom. The van der Waals surface area contributed by atoms with E-state index in [-0.39, 0.29) is 42.0 Å². The Bertz CT molecular complexity index is 1660. The minimum absolute atomic E-state index is 0.0159. The van der Waals surface area contributed by atoms with E-state index in [4.69, 9.17) is 4.74 Å². The summed E-state index contributed by atoms with van der Waals surface area (Å²) < 4.78 is 34.7. The second-order valence-electron chi connectivity index (χ2n) is 10.1. The molecule has 220 valence electrons. The van der Waals surface area contributed by atoms with Crippen molar-refractivity contribution < 1.29 is 23.1 Å². The maximum absolute atomic E-state index is 14.8. The Balaban J connectivity index is 1.54. The lowest BCUT2D eigenvalue weighted by atomic mass is 10.00. The van der Waals surface area contributed by atoms with Crippen LogP contribution >= 0.6 is 0 Å². The highest BCUT2D eigenvalue weighted by Gasteiger charge is 2.26. The minimum atomic E-state index is -1.01. The number of anilines is 5. The van der Waals surface area contributed by atoms with E-state index in [0.717, 1.165) is 30.2 Å². The zero-order valence-corrected chi connectivity index (χ0v) is 23.8. The van der Waals surface area contributed by atoms with E-state index >= 15 is 0 Å². The molecule has 2 aromatic carbocycles. The van der Waals surface area contributed by atoms with Gasteiger partial charge in [0.2, 0.25) is 11.9 Å². The van der Waals surface area contributed by atoms with Crippen molar-refractivity contribution in [3.05, 3.63) is 59.3 Å². The second kappa shape index (κ2) is 12.0. The Hall–Kier alpha value is -4.78. The average molecular weight is 579 g/mol. The van der Waals surface area contributed by atoms with E-state index in [1.54, 1.807) is 31.2 Å². The molecule has 11 nitrogen and oxygen atoms in total. The highest BCUT2D eigenvalue weighted by molar-refractivity contribution is 6.02. The number of benzene rings is 2. The number of nitrogens with one attached hydrogen (secondary N) is 4. The lowest BCUT2D eigenvalue weighted by Crippen LogP contribution is -2.40. The predicted molar refractivity (Wildman–Crippen MR) is 157 cm³/mol. The number of fused-ring (bicyclic) bond motifs is 2. The monoisotopic (exact) mass is 578 g/mol. The van der Waals surface area contributed by atoms with Crippen LogP contribution in [-0.4, -0.2) is 72.5 Å². The van der Waals surface area contributed by atoms with Gasteiger partial charge >= 0.3 is 0 Å². The number of likely N-dealkylation sites (N-methyl/N-ethyl adjacent to an activating group) is 1. The first-order valence-electron chi connectivity index (χ1n) is 13.5. The van der Waals surface area contributed by atoms with Crippen molar-refractivity contribution in [1.82, 2.24) is 25.2 Å². The summed E-state index contributed by atoms with van der Waals surface area (Å²) in [6.45, 7) is 2.83. The van der Waals surface area contributed by atoms with E-state index in [0.29, 0.717) is 35.1 Å². The van der Waals surface area contributed by atoms with Crippen LogP contribution in [0.5, 0.6) is 5.75 Å². The van der Waals surface area contributed by atoms with Gasteiger partial charge in [0.1, 0.15) is 28.8 Å². The van der Waals surface area contributed by atoms with Crippen LogP contribution in [0.4, 0.5) is 37.6 Å². The molecule has 0 bridgehead atoms. The van der Waals surface area contributed by atoms with Crippen LogP contribution in [0, 0.1) is 11.6 Å². The molecule has 1 aliphatic rings. The van der Waals surface area contributed by atoms with Gasteiger partial charge in [-0.2, -0.15) is 9.97 Å². The molecule has 1 aliphatic heterocycles. The van der Waals surface area contributed by atoms with Gasteiger partial charge in [0.15, 0.2) is 0 Å². The zero-order valence-electron chi connectivity index (χ0n) is 23.8. The summed E-state index contributed by atoms with van der Waals surface area (Å²) >= 11 is 0. The number of aryl methyl sites for hydroxylation is 1. The number of carbonyl (C=O) groups excluding carboxylic acids is 2. The topological polar surface area (TPSA) is 128 Å². The van der Waals surface area contributed by atoms with Crippen LogP contribution in [0.25, 0.3) is 11.0 Å². The molecule has 0 unspecified atom stereocenters. The Morgan fingerprint density at radius 3 is 2.67 bits per heavy atom. The van der Waals surface area contributed by atoms with Crippen molar-refractivity contribution in [3.63, 3.8) is 0 Å². The lowest BCUT2D eigenvalue weighted by molar-refractivity contribution is -0.119. The number of halogens is 2. The number of H-pyrrole nitrogens is 1. The molecule has 0 saturated heterocycles. The molecule has 0 fully saturated rings. The molecule has 13 heteroatoms. The van der Waals surface area contributed by atoms with Crippen molar-refractivity contribution >= 4 is 51.7 Å². The van der Waals surface area contributed by atoms with E-state index in [9.17, 15) is 18.4 Å². The van der Waals surface area contributed by atoms with Crippen LogP contribution in [0.1, 0.15) is 29.3 Å². The highest BCUT2D eigenvalue weighted by atomic mass is 19.1. The molecule has 2 amide bonds. The number of nitrogens with zero attached hydrogens (tertiary/aromatic N) is 4. The Kier molecular flexibility index (Phi) is 8.20. The van der Waals surface area contributed by atoms with Gasteiger partial charge in [-0.1, -0.05) is 0 Å². The van der Waals surface area contributed by atoms with Crippen LogP contribution < -0.4 is 25.6 Å². The van der Waals surface area contributed by atoms with Gasteiger partial charge in [0.25, 0.3) is 5.91 Å². The van der Waals surface area contributed by atoms with Crippen LogP contribution in [0.2, 0.25) is 0 Å². The van der Waals surface area contributed by atoms with Crippen molar-refractivity contribution in [2.75, 3.05) is 56.4 Å². The molecular formula is C29H32F2N8O3. The number of ether oxygens (including phenoxy) is 1. The molecular weight excluding hydrogens is 546 g/mol. The average Bonchev–Trinajstić information content (AvgIpc) is 3.41. The smallest absolute Gasteiger partial charge is 0.256 e. The maximum atomic E-state index is 14.8. The zero-order chi connectivity index (χ0) is 30.0. The molecule has 0 radical (unpaired) electrons. The molecule has 2 aromatic heterocycles. The number of aromatic nitrogens is 3. The van der Waals surface area contributed by atoms with E-state index in [1.807, 2.05) is 31.1 Å². The number of amides is 2. The molecule has 5 rings (SSSR count). The Morgan fingerprint density at radius 2 is 1.93 bits per heavy atom. The van der Waals surface area contributed by atoms with E-state index in [2.05, 4.69) is 30.9 Å². The van der Waals surface area contributed by atoms with Gasteiger partial charge in [-0.15, -0.1) is 0 Å². The number of rotatable bonds is 9. The van der Waals surface area contributed by atoms with Gasteiger partial charge in [-0.05, 0) is 63.7 Å². The summed E-state index contributed by atoms with van der Waals surface area (Å²) in [4.78, 5) is 41.4. The molecule has 4 N–H and O–H groups in total. The molecule has 4 aromatic rings. The summed E-state index contributed by atoms with van der Waals surface area (Å²) in [5.41, 5.74) is 2.30. The number of carbonyl (C=O) groups is 2. The normalized spacial score (nSPS) is 12.8. The van der Waals surface area contributed by atoms with Crippen molar-refractivity contribution in [3.8, 4) is 5.75 Å². The third-order valence-electron chi connectivity index (χ3n) is 6.81. The van der Waals surface area contributed by atoms with Gasteiger partial charge in [-0.3, -0.25) is 9.59 Å². The fraction of sp³-hybridized carbons (Fsp3) is 0.310. The van der Waals surface area contributed by atoms with E-state index in [1.165, 1.54) is 0 Å². The highest BCUT2D eigenvalue weighted by Crippen LogP contribution is 2.38. The third-order valence-corrected chi connectivity index (χ3v) is 6.81. The van der Waals surface area contributed by atoms with Crippen molar-refractivity contribution in [1.29, 1.82) is 0 Å². The molecule has 42 heavy (non-hydrogen) atoms. The molecule has 0 aliphatic carbocycles. The number of aromatic amines is 1. The van der Waals surface area contributed by atoms with Crippen LogP contribution in [0.3, 0.4) is 0 Å². The first kappa shape index (κ1) is 28.7. The number of hydrogen-bond acceptors (Lipinski definition) is 8.